The number of anilines is 2. The number of hydrogen-bond acceptors (Lipinski definition) is 3. The van der Waals surface area contributed by atoms with E-state index in [-0.39, 0.29) is 12.5 Å². The van der Waals surface area contributed by atoms with Crippen LogP contribution < -0.4 is 15.4 Å². The van der Waals surface area contributed by atoms with Gasteiger partial charge in [0.1, 0.15) is 5.75 Å². The van der Waals surface area contributed by atoms with Gasteiger partial charge in [-0.1, -0.05) is 46.3 Å². The third-order valence-corrected chi connectivity index (χ3v) is 4.69. The molecule has 0 saturated carbocycles. The van der Waals surface area contributed by atoms with Gasteiger partial charge in [-0.25, -0.2) is 0 Å². The summed E-state index contributed by atoms with van der Waals surface area (Å²) in [5.74, 6) is 0.737. The predicted octanol–water partition coefficient (Wildman–Crippen LogP) is 5.51. The minimum Gasteiger partial charge on any atom is -0.494 e. The summed E-state index contributed by atoms with van der Waals surface area (Å²) >= 11 is 3.37. The van der Waals surface area contributed by atoms with Gasteiger partial charge in [-0.3, -0.25) is 4.79 Å². The molecule has 4 nitrogen and oxygen atoms in total. The molecule has 28 heavy (non-hydrogen) atoms. The zero-order valence-electron chi connectivity index (χ0n) is 15.5. The van der Waals surface area contributed by atoms with Crippen LogP contribution >= 0.6 is 15.9 Å². The third kappa shape index (κ3) is 6.74. The number of rotatable bonds is 9. The Balaban J connectivity index is 1.36. The second-order valence-electron chi connectivity index (χ2n) is 6.37. The van der Waals surface area contributed by atoms with Crippen molar-refractivity contribution in [3.05, 3.63) is 88.9 Å². The number of benzene rings is 3. The van der Waals surface area contributed by atoms with Gasteiger partial charge in [0.15, 0.2) is 0 Å². The topological polar surface area (TPSA) is 50.4 Å². The Morgan fingerprint density at radius 3 is 2.25 bits per heavy atom. The molecule has 0 bridgehead atoms. The van der Waals surface area contributed by atoms with Crippen LogP contribution in [0.15, 0.2) is 83.3 Å². The Bertz CT molecular complexity index is 865. The predicted molar refractivity (Wildman–Crippen MR) is 118 cm³/mol. The normalized spacial score (nSPS) is 10.3. The molecule has 144 valence electrons. The zero-order valence-corrected chi connectivity index (χ0v) is 17.1. The highest BCUT2D eigenvalue weighted by Crippen LogP contribution is 2.17. The number of ether oxygens (including phenoxy) is 1. The van der Waals surface area contributed by atoms with Crippen LogP contribution in [-0.2, 0) is 11.2 Å². The lowest BCUT2D eigenvalue weighted by atomic mass is 10.1. The lowest BCUT2D eigenvalue weighted by Crippen LogP contribution is -2.21. The summed E-state index contributed by atoms with van der Waals surface area (Å²) in [6.45, 7) is 0.880. The summed E-state index contributed by atoms with van der Waals surface area (Å²) < 4.78 is 6.76. The number of nitrogens with one attached hydrogen (secondary N) is 2. The fourth-order valence-corrected chi connectivity index (χ4v) is 2.97. The second-order valence-corrected chi connectivity index (χ2v) is 7.29. The Morgan fingerprint density at radius 2 is 1.54 bits per heavy atom. The van der Waals surface area contributed by atoms with Crippen LogP contribution in [0.1, 0.15) is 12.0 Å². The van der Waals surface area contributed by atoms with Crippen molar-refractivity contribution >= 4 is 33.2 Å². The van der Waals surface area contributed by atoms with Gasteiger partial charge in [0.05, 0.1) is 13.2 Å². The van der Waals surface area contributed by atoms with Crippen molar-refractivity contribution in [3.8, 4) is 5.75 Å². The van der Waals surface area contributed by atoms with Crippen LogP contribution in [0.25, 0.3) is 0 Å². The van der Waals surface area contributed by atoms with Crippen LogP contribution in [-0.4, -0.2) is 19.1 Å². The summed E-state index contributed by atoms with van der Waals surface area (Å²) in [5, 5.41) is 5.97. The summed E-state index contributed by atoms with van der Waals surface area (Å²) in [6, 6.07) is 25.6. The number of hydrogen-bond donors (Lipinski definition) is 2. The van der Waals surface area contributed by atoms with Crippen LogP contribution in [0.5, 0.6) is 5.75 Å². The highest BCUT2D eigenvalue weighted by atomic mass is 79.9. The number of aryl methyl sites for hydroxylation is 1. The molecule has 3 aromatic rings. The summed E-state index contributed by atoms with van der Waals surface area (Å²) in [4.78, 5) is 12.0. The van der Waals surface area contributed by atoms with Crippen molar-refractivity contribution in [2.45, 2.75) is 12.8 Å². The van der Waals surface area contributed by atoms with Crippen LogP contribution in [0.2, 0.25) is 0 Å². The van der Waals surface area contributed by atoms with E-state index in [0.717, 1.165) is 34.4 Å². The van der Waals surface area contributed by atoms with E-state index in [2.05, 4.69) is 50.8 Å². The SMILES string of the molecule is O=C(CNc1ccc(OCCCc2ccccc2)cc1)Nc1ccc(Br)cc1. The largest absolute Gasteiger partial charge is 0.494 e. The highest BCUT2D eigenvalue weighted by molar-refractivity contribution is 9.10. The van der Waals surface area contributed by atoms with E-state index >= 15 is 0 Å². The van der Waals surface area contributed by atoms with Gasteiger partial charge >= 0.3 is 0 Å². The van der Waals surface area contributed by atoms with E-state index in [1.165, 1.54) is 5.56 Å². The van der Waals surface area contributed by atoms with E-state index in [1.54, 1.807) is 0 Å². The molecule has 1 amide bonds. The highest BCUT2D eigenvalue weighted by Gasteiger charge is 2.03. The lowest BCUT2D eigenvalue weighted by molar-refractivity contribution is -0.114. The lowest BCUT2D eigenvalue weighted by Gasteiger charge is -2.10. The van der Waals surface area contributed by atoms with Gasteiger partial charge in [0.25, 0.3) is 0 Å². The molecule has 0 aliphatic heterocycles. The molecule has 5 heteroatoms. The molecule has 0 aliphatic carbocycles. The van der Waals surface area contributed by atoms with Gasteiger partial charge in [0, 0.05) is 15.8 Å². The van der Waals surface area contributed by atoms with Crippen molar-refractivity contribution in [2.24, 2.45) is 0 Å². The Kier molecular flexibility index (Phi) is 7.50. The molecule has 2 N–H and O–H groups in total. The maximum Gasteiger partial charge on any atom is 0.243 e. The Hall–Kier alpha value is -2.79. The first-order valence-corrected chi connectivity index (χ1v) is 10.0. The molecule has 0 atom stereocenters. The van der Waals surface area contributed by atoms with Gasteiger partial charge in [0.2, 0.25) is 5.91 Å². The van der Waals surface area contributed by atoms with Gasteiger partial charge < -0.3 is 15.4 Å². The molecular weight excluding hydrogens is 416 g/mol. The molecule has 0 radical (unpaired) electrons. The molecular formula is C23H23BrN2O2. The van der Waals surface area contributed by atoms with E-state index in [9.17, 15) is 4.79 Å². The molecule has 0 aliphatic rings. The second kappa shape index (κ2) is 10.5. The molecule has 0 heterocycles. The molecule has 3 aromatic carbocycles. The van der Waals surface area contributed by atoms with E-state index in [4.69, 9.17) is 4.74 Å². The maximum atomic E-state index is 12.0. The molecule has 0 saturated heterocycles. The van der Waals surface area contributed by atoms with Crippen LogP contribution in [0.3, 0.4) is 0 Å². The number of amides is 1. The third-order valence-electron chi connectivity index (χ3n) is 4.16. The number of carbonyl (C=O) groups excluding carboxylic acids is 1. The minimum absolute atomic E-state index is 0.0939. The molecule has 0 unspecified atom stereocenters. The van der Waals surface area contributed by atoms with Gasteiger partial charge in [-0.2, -0.15) is 0 Å². The Morgan fingerprint density at radius 1 is 0.857 bits per heavy atom. The summed E-state index contributed by atoms with van der Waals surface area (Å²) in [7, 11) is 0. The van der Waals surface area contributed by atoms with Crippen LogP contribution in [0.4, 0.5) is 11.4 Å². The first-order chi connectivity index (χ1) is 13.7. The first-order valence-electron chi connectivity index (χ1n) is 9.25. The quantitative estimate of drug-likeness (QED) is 0.432. The van der Waals surface area contributed by atoms with E-state index in [0.29, 0.717) is 6.61 Å². The van der Waals surface area contributed by atoms with Crippen molar-refractivity contribution in [2.75, 3.05) is 23.8 Å². The summed E-state index contributed by atoms with van der Waals surface area (Å²) in [6.07, 6.45) is 1.98. The summed E-state index contributed by atoms with van der Waals surface area (Å²) in [5.41, 5.74) is 2.98. The number of carbonyl (C=O) groups is 1. The first kappa shape index (κ1) is 20.0. The van der Waals surface area contributed by atoms with Crippen molar-refractivity contribution < 1.29 is 9.53 Å². The fourth-order valence-electron chi connectivity index (χ4n) is 2.70. The van der Waals surface area contributed by atoms with Gasteiger partial charge in [-0.05, 0) is 66.9 Å². The fraction of sp³-hybridized carbons (Fsp3) is 0.174. The molecule has 0 fully saturated rings. The van der Waals surface area contributed by atoms with Crippen LogP contribution in [0, 0.1) is 0 Å². The monoisotopic (exact) mass is 438 g/mol. The smallest absolute Gasteiger partial charge is 0.243 e. The van der Waals surface area contributed by atoms with E-state index in [1.807, 2.05) is 54.6 Å². The minimum atomic E-state index is -0.0939. The Labute approximate surface area is 174 Å². The molecule has 0 spiro atoms. The van der Waals surface area contributed by atoms with Crippen molar-refractivity contribution in [1.29, 1.82) is 0 Å². The standard InChI is InChI=1S/C23H23BrN2O2/c24-19-8-10-21(11-9-19)26-23(27)17-25-20-12-14-22(15-13-20)28-16-4-7-18-5-2-1-3-6-18/h1-3,5-6,8-15,25H,4,7,16-17H2,(H,26,27). The van der Waals surface area contributed by atoms with Crippen molar-refractivity contribution in [3.63, 3.8) is 0 Å². The number of halogens is 1. The van der Waals surface area contributed by atoms with Gasteiger partial charge in [-0.15, -0.1) is 0 Å². The average molecular weight is 439 g/mol. The maximum absolute atomic E-state index is 12.0. The zero-order chi connectivity index (χ0) is 19.6. The average Bonchev–Trinajstić information content (AvgIpc) is 2.73. The van der Waals surface area contributed by atoms with Crippen molar-refractivity contribution in [1.82, 2.24) is 0 Å². The van der Waals surface area contributed by atoms with E-state index < -0.39 is 0 Å². The molecule has 0 aromatic heterocycles. The molecule has 3 rings (SSSR count).